The van der Waals surface area contributed by atoms with Crippen molar-refractivity contribution in [3.05, 3.63) is 59.2 Å². The fourth-order valence-electron chi connectivity index (χ4n) is 5.98. The minimum atomic E-state index is -1.43. The molecule has 0 radical (unpaired) electrons. The average Bonchev–Trinajstić information content (AvgIpc) is 3.50. The van der Waals surface area contributed by atoms with Crippen molar-refractivity contribution in [2.24, 2.45) is 0 Å². The second kappa shape index (κ2) is 7.58. The van der Waals surface area contributed by atoms with Crippen LogP contribution in [-0.4, -0.2) is 56.7 Å². The zero-order valence-electron chi connectivity index (χ0n) is 20.1. The Labute approximate surface area is 212 Å². The Kier molecular flexibility index (Phi) is 4.63. The highest BCUT2D eigenvalue weighted by Crippen LogP contribution is 2.47. The summed E-state index contributed by atoms with van der Waals surface area (Å²) in [6, 6.07) is 7.98. The van der Waals surface area contributed by atoms with Crippen LogP contribution in [0.4, 0.5) is 8.78 Å². The first-order valence-electron chi connectivity index (χ1n) is 12.0. The van der Waals surface area contributed by atoms with Gasteiger partial charge in [-0.25, -0.2) is 8.78 Å². The van der Waals surface area contributed by atoms with Crippen molar-refractivity contribution in [1.29, 1.82) is 0 Å². The quantitative estimate of drug-likeness (QED) is 0.263. The standard InChI is InChI=1S/C27H21F2N3O6/c1-27(37-2)9-16(33)23(34)26(38-27)32-15-6-4-11(29)8-13(15)18-20-19(24(35)31-25(20)36)17-12-7-10(28)3-5-14(12)30-21(17)22(18)32/h3-8,16,23,26,30,33-34H,9H2,1-2H3,(H,31,35,36). The van der Waals surface area contributed by atoms with Crippen LogP contribution in [0.15, 0.2) is 36.4 Å². The first-order valence-corrected chi connectivity index (χ1v) is 12.0. The van der Waals surface area contributed by atoms with Gasteiger partial charge in [-0.15, -0.1) is 0 Å². The molecule has 4 unspecified atom stereocenters. The molecule has 9 nitrogen and oxygen atoms in total. The van der Waals surface area contributed by atoms with E-state index in [1.807, 2.05) is 0 Å². The molecule has 4 N–H and O–H groups in total. The van der Waals surface area contributed by atoms with Crippen molar-refractivity contribution in [2.75, 3.05) is 7.11 Å². The van der Waals surface area contributed by atoms with Crippen LogP contribution in [-0.2, 0) is 9.47 Å². The van der Waals surface area contributed by atoms with Crippen molar-refractivity contribution >= 4 is 55.4 Å². The Morgan fingerprint density at radius 3 is 2.39 bits per heavy atom. The largest absolute Gasteiger partial charge is 0.390 e. The van der Waals surface area contributed by atoms with Crippen LogP contribution in [0.2, 0.25) is 0 Å². The van der Waals surface area contributed by atoms with Crippen molar-refractivity contribution in [3.8, 4) is 0 Å². The fourth-order valence-corrected chi connectivity index (χ4v) is 5.98. The molecule has 3 aromatic carbocycles. The topological polar surface area (TPSA) is 126 Å². The van der Waals surface area contributed by atoms with Gasteiger partial charge >= 0.3 is 0 Å². The lowest BCUT2D eigenvalue weighted by atomic mass is 9.96. The number of aliphatic hydroxyl groups excluding tert-OH is 2. The smallest absolute Gasteiger partial charge is 0.259 e. The third kappa shape index (κ3) is 2.92. The Balaban J connectivity index is 1.73. The highest BCUT2D eigenvalue weighted by Gasteiger charge is 2.46. The summed E-state index contributed by atoms with van der Waals surface area (Å²) in [5, 5.41) is 25.4. The SMILES string of the molecule is COC1(C)CC(O)C(O)C(n2c3ccc(F)cc3c3c4c(c5c6cc(F)ccc6[nH]c5c32)C(=O)NC4=O)O1. The van der Waals surface area contributed by atoms with Gasteiger partial charge in [0.15, 0.2) is 12.0 Å². The average molecular weight is 521 g/mol. The highest BCUT2D eigenvalue weighted by atomic mass is 19.1. The summed E-state index contributed by atoms with van der Waals surface area (Å²) in [6.45, 7) is 1.62. The second-order valence-corrected chi connectivity index (χ2v) is 9.96. The first-order chi connectivity index (χ1) is 18.1. The zero-order valence-corrected chi connectivity index (χ0v) is 20.1. The van der Waals surface area contributed by atoms with Gasteiger partial charge in [-0.05, 0) is 43.3 Å². The molecular weight excluding hydrogens is 500 g/mol. The van der Waals surface area contributed by atoms with E-state index in [0.717, 1.165) is 0 Å². The molecule has 4 heterocycles. The Morgan fingerprint density at radius 1 is 1.03 bits per heavy atom. The summed E-state index contributed by atoms with van der Waals surface area (Å²) < 4.78 is 42.2. The molecule has 0 saturated carbocycles. The molecule has 5 aromatic rings. The number of hydrogen-bond donors (Lipinski definition) is 4. The van der Waals surface area contributed by atoms with Crippen LogP contribution < -0.4 is 5.32 Å². The maximum Gasteiger partial charge on any atom is 0.259 e. The van der Waals surface area contributed by atoms with E-state index in [0.29, 0.717) is 38.2 Å². The maximum atomic E-state index is 14.6. The molecule has 7 rings (SSSR count). The summed E-state index contributed by atoms with van der Waals surface area (Å²) in [5.41, 5.74) is 1.61. The molecule has 38 heavy (non-hydrogen) atoms. The van der Waals surface area contributed by atoms with Crippen LogP contribution in [0.25, 0.3) is 43.6 Å². The Bertz CT molecular complexity index is 1880. The van der Waals surface area contributed by atoms with E-state index in [-0.39, 0.29) is 22.9 Å². The Morgan fingerprint density at radius 2 is 1.68 bits per heavy atom. The summed E-state index contributed by atoms with van der Waals surface area (Å²) in [6.07, 6.45) is -3.92. The van der Waals surface area contributed by atoms with Gasteiger partial charge in [0.2, 0.25) is 0 Å². The minimum Gasteiger partial charge on any atom is -0.390 e. The molecular formula is C27H21F2N3O6. The highest BCUT2D eigenvalue weighted by molar-refractivity contribution is 6.39. The van der Waals surface area contributed by atoms with Crippen LogP contribution in [0.3, 0.4) is 0 Å². The van der Waals surface area contributed by atoms with E-state index in [2.05, 4.69) is 10.3 Å². The van der Waals surface area contributed by atoms with E-state index in [9.17, 15) is 28.6 Å². The van der Waals surface area contributed by atoms with Crippen LogP contribution >= 0.6 is 0 Å². The molecule has 11 heteroatoms. The number of carbonyl (C=O) groups is 2. The molecule has 2 aliphatic heterocycles. The number of benzene rings is 3. The van der Waals surface area contributed by atoms with E-state index < -0.39 is 47.7 Å². The van der Waals surface area contributed by atoms with Gasteiger partial charge in [0.25, 0.3) is 11.8 Å². The number of aliphatic hydroxyl groups is 2. The summed E-state index contributed by atoms with van der Waals surface area (Å²) in [4.78, 5) is 29.5. The van der Waals surface area contributed by atoms with E-state index in [1.165, 1.54) is 43.5 Å². The molecule has 1 fully saturated rings. The molecule has 2 aromatic heterocycles. The minimum absolute atomic E-state index is 0.0114. The number of methoxy groups -OCH3 is 1. The molecule has 0 spiro atoms. The normalized spacial score (nSPS) is 25.7. The number of rotatable bonds is 2. The van der Waals surface area contributed by atoms with Gasteiger partial charge in [0.1, 0.15) is 17.7 Å². The third-order valence-electron chi connectivity index (χ3n) is 7.72. The summed E-state index contributed by atoms with van der Waals surface area (Å²) in [7, 11) is 1.41. The number of fused-ring (bicyclic) bond motifs is 10. The van der Waals surface area contributed by atoms with Crippen LogP contribution in [0, 0.1) is 11.6 Å². The number of nitrogens with zero attached hydrogens (tertiary/aromatic N) is 1. The second-order valence-electron chi connectivity index (χ2n) is 9.96. The predicted octanol–water partition coefficient (Wildman–Crippen LogP) is 3.59. The Hall–Kier alpha value is -3.90. The first kappa shape index (κ1) is 23.2. The number of carbonyl (C=O) groups excluding carboxylic acids is 2. The molecule has 2 amide bonds. The molecule has 194 valence electrons. The van der Waals surface area contributed by atoms with Crippen LogP contribution in [0.5, 0.6) is 0 Å². The number of aromatic nitrogens is 2. The van der Waals surface area contributed by atoms with Gasteiger partial charge in [0, 0.05) is 40.6 Å². The number of amides is 2. The monoisotopic (exact) mass is 521 g/mol. The van der Waals surface area contributed by atoms with Crippen molar-refractivity contribution in [1.82, 2.24) is 14.9 Å². The fraction of sp³-hybridized carbons (Fsp3) is 0.259. The number of ether oxygens (including phenoxy) is 2. The lowest BCUT2D eigenvalue weighted by Gasteiger charge is -2.43. The van der Waals surface area contributed by atoms with Crippen molar-refractivity contribution < 1.29 is 38.1 Å². The van der Waals surface area contributed by atoms with Crippen LogP contribution in [0.1, 0.15) is 40.3 Å². The molecule has 4 atom stereocenters. The van der Waals surface area contributed by atoms with Gasteiger partial charge in [0.05, 0.1) is 33.8 Å². The van der Waals surface area contributed by atoms with Crippen molar-refractivity contribution in [3.63, 3.8) is 0 Å². The van der Waals surface area contributed by atoms with Crippen molar-refractivity contribution in [2.45, 2.75) is 37.6 Å². The number of halogens is 2. The molecule has 1 saturated heterocycles. The van der Waals surface area contributed by atoms with Gasteiger partial charge in [-0.1, -0.05) is 0 Å². The van der Waals surface area contributed by atoms with Gasteiger partial charge in [-0.2, -0.15) is 0 Å². The van der Waals surface area contributed by atoms with Gasteiger partial charge < -0.3 is 29.2 Å². The summed E-state index contributed by atoms with van der Waals surface area (Å²) >= 11 is 0. The summed E-state index contributed by atoms with van der Waals surface area (Å²) in [5.74, 6) is -3.74. The van der Waals surface area contributed by atoms with E-state index in [1.54, 1.807) is 11.5 Å². The van der Waals surface area contributed by atoms with E-state index in [4.69, 9.17) is 9.47 Å². The zero-order chi connectivity index (χ0) is 26.7. The molecule has 0 bridgehead atoms. The number of imide groups is 1. The van der Waals surface area contributed by atoms with E-state index >= 15 is 0 Å². The predicted molar refractivity (Wildman–Crippen MR) is 133 cm³/mol. The third-order valence-corrected chi connectivity index (χ3v) is 7.72. The lowest BCUT2D eigenvalue weighted by Crippen LogP contribution is -2.51. The number of hydrogen-bond acceptors (Lipinski definition) is 6. The molecule has 2 aliphatic rings. The number of aromatic amines is 1. The number of H-pyrrole nitrogens is 1. The van der Waals surface area contributed by atoms with Gasteiger partial charge in [-0.3, -0.25) is 14.9 Å². The number of nitrogens with one attached hydrogen (secondary N) is 2. The molecule has 0 aliphatic carbocycles. The maximum absolute atomic E-state index is 14.6. The lowest BCUT2D eigenvalue weighted by molar-refractivity contribution is -0.319.